The first kappa shape index (κ1) is 16.8. The van der Waals surface area contributed by atoms with Gasteiger partial charge < -0.3 is 4.90 Å². The normalized spacial score (nSPS) is 15.0. The Morgan fingerprint density at radius 3 is 2.04 bits per heavy atom. The number of nitrogens with zero attached hydrogens (tertiary/aromatic N) is 4. The van der Waals surface area contributed by atoms with Crippen molar-refractivity contribution in [1.82, 2.24) is 9.99 Å². The third-order valence-corrected chi connectivity index (χ3v) is 5.39. The van der Waals surface area contributed by atoms with Crippen LogP contribution in [-0.4, -0.2) is 42.4 Å². The van der Waals surface area contributed by atoms with Gasteiger partial charge in [0.05, 0.1) is 19.3 Å². The highest BCUT2D eigenvalue weighted by atomic mass is 15.5. The van der Waals surface area contributed by atoms with E-state index in [0.717, 1.165) is 32.0 Å². The standard InChI is InChI=1S/C24H22N4/c1-3-9-21-19(7-1)17-20-8-2-4-10-22(20)23(21)18-26-28-15-13-27(14-16-28)24-11-5-6-12-25-24/h1-12,17-18H,13-16H2. The highest BCUT2D eigenvalue weighted by Crippen LogP contribution is 2.27. The molecule has 1 fully saturated rings. The molecule has 4 heteroatoms. The molecule has 0 bridgehead atoms. The van der Waals surface area contributed by atoms with Crippen LogP contribution in [0.5, 0.6) is 0 Å². The fraction of sp³-hybridized carbons (Fsp3) is 0.167. The Labute approximate surface area is 164 Å². The molecule has 0 radical (unpaired) electrons. The molecule has 0 spiro atoms. The number of benzene rings is 3. The predicted octanol–water partition coefficient (Wildman–Crippen LogP) is 4.54. The SMILES string of the molecule is C(=NN1CCN(c2ccccn2)CC1)c1c2ccccc2cc2ccccc12. The molecular formula is C24H22N4. The van der Waals surface area contributed by atoms with Crippen molar-refractivity contribution >= 4 is 33.6 Å². The van der Waals surface area contributed by atoms with Crippen molar-refractivity contribution in [3.8, 4) is 0 Å². The second-order valence-electron chi connectivity index (χ2n) is 7.11. The molecule has 4 nitrogen and oxygen atoms in total. The van der Waals surface area contributed by atoms with Gasteiger partial charge >= 0.3 is 0 Å². The van der Waals surface area contributed by atoms with Crippen LogP contribution in [0.1, 0.15) is 5.56 Å². The number of pyridine rings is 1. The Kier molecular flexibility index (Phi) is 4.37. The Bertz CT molecular complexity index is 1080. The fourth-order valence-electron chi connectivity index (χ4n) is 3.91. The first-order valence-corrected chi connectivity index (χ1v) is 9.74. The minimum Gasteiger partial charge on any atom is -0.353 e. The van der Waals surface area contributed by atoms with Gasteiger partial charge in [0, 0.05) is 24.8 Å². The molecule has 138 valence electrons. The topological polar surface area (TPSA) is 31.7 Å². The van der Waals surface area contributed by atoms with Gasteiger partial charge in [-0.25, -0.2) is 4.98 Å². The van der Waals surface area contributed by atoms with E-state index in [1.54, 1.807) is 0 Å². The minimum atomic E-state index is 0.899. The van der Waals surface area contributed by atoms with Crippen molar-refractivity contribution in [1.29, 1.82) is 0 Å². The molecule has 0 amide bonds. The summed E-state index contributed by atoms with van der Waals surface area (Å²) in [6.07, 6.45) is 3.90. The van der Waals surface area contributed by atoms with E-state index in [0.29, 0.717) is 0 Å². The maximum absolute atomic E-state index is 4.84. The fourth-order valence-corrected chi connectivity index (χ4v) is 3.91. The quantitative estimate of drug-likeness (QED) is 0.394. The highest BCUT2D eigenvalue weighted by molar-refractivity contribution is 6.13. The molecule has 1 aliphatic rings. The van der Waals surface area contributed by atoms with Crippen molar-refractivity contribution < 1.29 is 0 Å². The van der Waals surface area contributed by atoms with E-state index < -0.39 is 0 Å². The van der Waals surface area contributed by atoms with Crippen LogP contribution in [0.15, 0.2) is 84.1 Å². The lowest BCUT2D eigenvalue weighted by molar-refractivity contribution is 0.271. The molecule has 1 aromatic heterocycles. The van der Waals surface area contributed by atoms with E-state index in [1.807, 2.05) is 24.5 Å². The van der Waals surface area contributed by atoms with Gasteiger partial charge in [0.25, 0.3) is 0 Å². The molecule has 0 unspecified atom stereocenters. The summed E-state index contributed by atoms with van der Waals surface area (Å²) in [4.78, 5) is 6.78. The van der Waals surface area contributed by atoms with Crippen LogP contribution in [-0.2, 0) is 0 Å². The lowest BCUT2D eigenvalue weighted by Crippen LogP contribution is -2.44. The van der Waals surface area contributed by atoms with Crippen molar-refractivity contribution in [3.05, 3.63) is 84.6 Å². The summed E-state index contributed by atoms with van der Waals surface area (Å²) in [6.45, 7) is 3.67. The lowest BCUT2D eigenvalue weighted by Gasteiger charge is -2.33. The Morgan fingerprint density at radius 1 is 0.750 bits per heavy atom. The molecule has 28 heavy (non-hydrogen) atoms. The second kappa shape index (κ2) is 7.31. The number of hydrogen-bond acceptors (Lipinski definition) is 4. The third kappa shape index (κ3) is 3.18. The van der Waals surface area contributed by atoms with Crippen LogP contribution in [0, 0.1) is 0 Å². The van der Waals surface area contributed by atoms with Crippen molar-refractivity contribution in [2.24, 2.45) is 5.10 Å². The van der Waals surface area contributed by atoms with E-state index >= 15 is 0 Å². The average molecular weight is 366 g/mol. The summed E-state index contributed by atoms with van der Waals surface area (Å²) < 4.78 is 0. The predicted molar refractivity (Wildman–Crippen MR) is 117 cm³/mol. The Balaban J connectivity index is 1.41. The number of aromatic nitrogens is 1. The maximum Gasteiger partial charge on any atom is 0.128 e. The maximum atomic E-state index is 4.84. The number of hydrazone groups is 1. The lowest BCUT2D eigenvalue weighted by atomic mass is 9.97. The van der Waals surface area contributed by atoms with Crippen LogP contribution >= 0.6 is 0 Å². The van der Waals surface area contributed by atoms with E-state index in [2.05, 4.69) is 75.6 Å². The molecule has 3 aromatic carbocycles. The number of fused-ring (bicyclic) bond motifs is 2. The molecule has 0 atom stereocenters. The summed E-state index contributed by atoms with van der Waals surface area (Å²) in [6, 6.07) is 25.4. The largest absolute Gasteiger partial charge is 0.353 e. The van der Waals surface area contributed by atoms with Gasteiger partial charge in [-0.3, -0.25) is 5.01 Å². The van der Waals surface area contributed by atoms with E-state index in [9.17, 15) is 0 Å². The highest BCUT2D eigenvalue weighted by Gasteiger charge is 2.16. The van der Waals surface area contributed by atoms with Gasteiger partial charge in [-0.1, -0.05) is 54.6 Å². The zero-order chi connectivity index (χ0) is 18.8. The summed E-state index contributed by atoms with van der Waals surface area (Å²) in [5.41, 5.74) is 1.20. The smallest absolute Gasteiger partial charge is 0.128 e. The molecule has 2 heterocycles. The van der Waals surface area contributed by atoms with Crippen molar-refractivity contribution in [2.45, 2.75) is 0 Å². The Hall–Kier alpha value is -3.40. The molecule has 0 saturated carbocycles. The number of piperazine rings is 1. The zero-order valence-corrected chi connectivity index (χ0v) is 15.7. The van der Waals surface area contributed by atoms with Gasteiger partial charge in [-0.15, -0.1) is 0 Å². The monoisotopic (exact) mass is 366 g/mol. The number of hydrogen-bond donors (Lipinski definition) is 0. The van der Waals surface area contributed by atoms with Crippen LogP contribution in [0.2, 0.25) is 0 Å². The molecule has 1 aliphatic heterocycles. The van der Waals surface area contributed by atoms with Gasteiger partial charge in [0.15, 0.2) is 0 Å². The summed E-state index contributed by atoms with van der Waals surface area (Å²) >= 11 is 0. The minimum absolute atomic E-state index is 0.899. The van der Waals surface area contributed by atoms with Crippen molar-refractivity contribution in [3.63, 3.8) is 0 Å². The van der Waals surface area contributed by atoms with Crippen LogP contribution in [0.3, 0.4) is 0 Å². The summed E-state index contributed by atoms with van der Waals surface area (Å²) in [5, 5.41) is 12.0. The summed E-state index contributed by atoms with van der Waals surface area (Å²) in [5.74, 6) is 1.05. The Morgan fingerprint density at radius 2 is 1.39 bits per heavy atom. The van der Waals surface area contributed by atoms with E-state index in [-0.39, 0.29) is 0 Å². The van der Waals surface area contributed by atoms with E-state index in [4.69, 9.17) is 5.10 Å². The van der Waals surface area contributed by atoms with Gasteiger partial charge in [0.1, 0.15) is 5.82 Å². The first-order chi connectivity index (χ1) is 13.9. The second-order valence-corrected chi connectivity index (χ2v) is 7.11. The molecule has 0 aliphatic carbocycles. The molecule has 4 aromatic rings. The van der Waals surface area contributed by atoms with Crippen LogP contribution < -0.4 is 4.90 Å². The van der Waals surface area contributed by atoms with Gasteiger partial charge in [-0.05, 0) is 39.7 Å². The number of anilines is 1. The molecule has 1 saturated heterocycles. The van der Waals surface area contributed by atoms with Gasteiger partial charge in [-0.2, -0.15) is 5.10 Å². The first-order valence-electron chi connectivity index (χ1n) is 9.74. The van der Waals surface area contributed by atoms with Gasteiger partial charge in [0.2, 0.25) is 0 Å². The zero-order valence-electron chi connectivity index (χ0n) is 15.7. The molecule has 0 N–H and O–H groups in total. The van der Waals surface area contributed by atoms with E-state index in [1.165, 1.54) is 27.1 Å². The molecular weight excluding hydrogens is 344 g/mol. The number of rotatable bonds is 3. The third-order valence-electron chi connectivity index (χ3n) is 5.39. The average Bonchev–Trinajstić information content (AvgIpc) is 2.77. The van der Waals surface area contributed by atoms with Crippen LogP contribution in [0.25, 0.3) is 21.5 Å². The van der Waals surface area contributed by atoms with Crippen molar-refractivity contribution in [2.75, 3.05) is 31.1 Å². The molecule has 5 rings (SSSR count). The van der Waals surface area contributed by atoms with Crippen LogP contribution in [0.4, 0.5) is 5.82 Å². The summed E-state index contributed by atoms with van der Waals surface area (Å²) in [7, 11) is 0.